The molecule has 1 aliphatic heterocycles. The van der Waals surface area contributed by atoms with E-state index in [0.717, 1.165) is 32.0 Å². The maximum Gasteiger partial charge on any atom is 0.0959 e. The van der Waals surface area contributed by atoms with Gasteiger partial charge in [-0.05, 0) is 19.3 Å². The van der Waals surface area contributed by atoms with E-state index in [9.17, 15) is 5.11 Å². The van der Waals surface area contributed by atoms with Crippen LogP contribution in [0.5, 0.6) is 0 Å². The Bertz CT molecular complexity index is 362. The first-order chi connectivity index (χ1) is 7.81. The van der Waals surface area contributed by atoms with Gasteiger partial charge in [-0.25, -0.2) is 4.98 Å². The summed E-state index contributed by atoms with van der Waals surface area (Å²) in [6.07, 6.45) is 6.87. The molecule has 4 heteroatoms. The van der Waals surface area contributed by atoms with Crippen LogP contribution in [0.15, 0.2) is 6.20 Å². The van der Waals surface area contributed by atoms with Gasteiger partial charge in [0, 0.05) is 36.6 Å². The molecule has 0 bridgehead atoms. The molecule has 0 spiro atoms. The van der Waals surface area contributed by atoms with E-state index in [1.165, 1.54) is 29.1 Å². The van der Waals surface area contributed by atoms with Crippen LogP contribution >= 0.6 is 11.3 Å². The van der Waals surface area contributed by atoms with Crippen molar-refractivity contribution in [1.29, 1.82) is 0 Å². The summed E-state index contributed by atoms with van der Waals surface area (Å²) in [5, 5.41) is 10.8. The molecular formula is C12H18N2OS. The summed E-state index contributed by atoms with van der Waals surface area (Å²) in [5.41, 5.74) is 0. The molecule has 3 rings (SSSR count). The maximum atomic E-state index is 9.46. The van der Waals surface area contributed by atoms with Gasteiger partial charge in [-0.15, -0.1) is 11.3 Å². The highest BCUT2D eigenvalue weighted by Crippen LogP contribution is 2.38. The van der Waals surface area contributed by atoms with Gasteiger partial charge in [0.05, 0.1) is 11.1 Å². The number of β-amino-alcohol motifs (C(OH)–C–C–N with tert-alkyl or cyclic N) is 1. The predicted molar refractivity (Wildman–Crippen MR) is 64.6 cm³/mol. The van der Waals surface area contributed by atoms with Crippen LogP contribution in [-0.2, 0) is 6.54 Å². The van der Waals surface area contributed by atoms with Crippen LogP contribution in [0.2, 0.25) is 0 Å². The first kappa shape index (κ1) is 10.7. The van der Waals surface area contributed by atoms with Crippen molar-refractivity contribution in [3.63, 3.8) is 0 Å². The molecule has 0 aromatic carbocycles. The van der Waals surface area contributed by atoms with Gasteiger partial charge in [-0.1, -0.05) is 6.42 Å². The van der Waals surface area contributed by atoms with E-state index in [2.05, 4.69) is 9.88 Å². The van der Waals surface area contributed by atoms with Crippen LogP contribution < -0.4 is 0 Å². The summed E-state index contributed by atoms with van der Waals surface area (Å²) >= 11 is 1.87. The average Bonchev–Trinajstić information content (AvgIpc) is 2.74. The molecule has 3 nitrogen and oxygen atoms in total. The topological polar surface area (TPSA) is 36.4 Å². The first-order valence-corrected chi connectivity index (χ1v) is 6.98. The highest BCUT2D eigenvalue weighted by Gasteiger charge is 2.24. The van der Waals surface area contributed by atoms with Crippen LogP contribution in [-0.4, -0.2) is 34.2 Å². The zero-order valence-electron chi connectivity index (χ0n) is 9.43. The molecule has 1 saturated carbocycles. The monoisotopic (exact) mass is 238 g/mol. The number of hydrogen-bond acceptors (Lipinski definition) is 4. The zero-order chi connectivity index (χ0) is 11.0. The van der Waals surface area contributed by atoms with Crippen molar-refractivity contribution in [2.24, 2.45) is 0 Å². The third kappa shape index (κ3) is 2.14. The number of likely N-dealkylation sites (tertiary alicyclic amines) is 1. The summed E-state index contributed by atoms with van der Waals surface area (Å²) in [5.74, 6) is 0.753. The standard InChI is InChI=1S/C12H18N2OS/c15-10-4-5-14(7-10)8-11-6-13-12(16-11)9-2-1-3-9/h6,9-10,15H,1-5,7-8H2/t10-/m0/s1. The fraction of sp³-hybridized carbons (Fsp3) is 0.750. The number of aromatic nitrogens is 1. The van der Waals surface area contributed by atoms with Crippen LogP contribution in [0.4, 0.5) is 0 Å². The molecule has 1 aliphatic carbocycles. The van der Waals surface area contributed by atoms with Gasteiger partial charge < -0.3 is 5.11 Å². The van der Waals surface area contributed by atoms with E-state index >= 15 is 0 Å². The number of aliphatic hydroxyl groups is 1. The third-order valence-corrected chi connectivity index (χ3v) is 4.80. The van der Waals surface area contributed by atoms with Gasteiger partial charge in [-0.2, -0.15) is 0 Å². The van der Waals surface area contributed by atoms with E-state index in [1.54, 1.807) is 0 Å². The Morgan fingerprint density at radius 2 is 2.31 bits per heavy atom. The van der Waals surface area contributed by atoms with Gasteiger partial charge in [-0.3, -0.25) is 4.90 Å². The van der Waals surface area contributed by atoms with Crippen molar-refractivity contribution < 1.29 is 5.11 Å². The van der Waals surface area contributed by atoms with Crippen LogP contribution in [0.3, 0.4) is 0 Å². The molecule has 1 saturated heterocycles. The lowest BCUT2D eigenvalue weighted by Gasteiger charge is -2.22. The van der Waals surface area contributed by atoms with Crippen molar-refractivity contribution in [3.8, 4) is 0 Å². The van der Waals surface area contributed by atoms with Crippen molar-refractivity contribution in [1.82, 2.24) is 9.88 Å². The normalized spacial score (nSPS) is 27.2. The molecule has 1 N–H and O–H groups in total. The lowest BCUT2D eigenvalue weighted by Crippen LogP contribution is -2.20. The van der Waals surface area contributed by atoms with Crippen molar-refractivity contribution in [3.05, 3.63) is 16.1 Å². The lowest BCUT2D eigenvalue weighted by atomic mass is 9.86. The van der Waals surface area contributed by atoms with E-state index in [-0.39, 0.29) is 6.10 Å². The van der Waals surface area contributed by atoms with E-state index in [4.69, 9.17) is 0 Å². The van der Waals surface area contributed by atoms with Crippen LogP contribution in [0.1, 0.15) is 41.5 Å². The van der Waals surface area contributed by atoms with E-state index in [0.29, 0.717) is 0 Å². The summed E-state index contributed by atoms with van der Waals surface area (Å²) < 4.78 is 0. The number of aliphatic hydroxyl groups excluding tert-OH is 1. The molecule has 0 unspecified atom stereocenters. The Kier molecular flexibility index (Phi) is 2.96. The number of hydrogen-bond donors (Lipinski definition) is 1. The summed E-state index contributed by atoms with van der Waals surface area (Å²) in [7, 11) is 0. The Balaban J connectivity index is 1.59. The van der Waals surface area contributed by atoms with Crippen molar-refractivity contribution in [2.75, 3.05) is 13.1 Å². The molecule has 0 radical (unpaired) electrons. The first-order valence-electron chi connectivity index (χ1n) is 6.16. The van der Waals surface area contributed by atoms with Gasteiger partial charge in [0.2, 0.25) is 0 Å². The average molecular weight is 238 g/mol. The molecule has 16 heavy (non-hydrogen) atoms. The second-order valence-electron chi connectivity index (χ2n) is 4.97. The smallest absolute Gasteiger partial charge is 0.0959 e. The Labute approximate surface area is 100 Å². The zero-order valence-corrected chi connectivity index (χ0v) is 10.2. The predicted octanol–water partition coefficient (Wildman–Crippen LogP) is 1.98. The summed E-state index contributed by atoms with van der Waals surface area (Å²) in [6, 6.07) is 0. The molecule has 2 fully saturated rings. The summed E-state index contributed by atoms with van der Waals surface area (Å²) in [6.45, 7) is 2.83. The highest BCUT2D eigenvalue weighted by atomic mass is 32.1. The molecule has 1 aromatic heterocycles. The Morgan fingerprint density at radius 1 is 1.44 bits per heavy atom. The lowest BCUT2D eigenvalue weighted by molar-refractivity contribution is 0.175. The maximum absolute atomic E-state index is 9.46. The molecule has 1 atom stereocenters. The van der Waals surface area contributed by atoms with Crippen molar-refractivity contribution >= 4 is 11.3 Å². The molecule has 1 aromatic rings. The van der Waals surface area contributed by atoms with Crippen LogP contribution in [0, 0.1) is 0 Å². The van der Waals surface area contributed by atoms with E-state index in [1.807, 2.05) is 17.5 Å². The summed E-state index contributed by atoms with van der Waals surface area (Å²) in [4.78, 5) is 8.21. The molecule has 2 heterocycles. The van der Waals surface area contributed by atoms with Gasteiger partial charge in [0.1, 0.15) is 0 Å². The Hall–Kier alpha value is -0.450. The largest absolute Gasteiger partial charge is 0.392 e. The molecular weight excluding hydrogens is 220 g/mol. The van der Waals surface area contributed by atoms with E-state index < -0.39 is 0 Å². The second kappa shape index (κ2) is 4.43. The Morgan fingerprint density at radius 3 is 2.94 bits per heavy atom. The minimum atomic E-state index is -0.112. The molecule has 0 amide bonds. The fourth-order valence-corrected chi connectivity index (χ4v) is 3.54. The quantitative estimate of drug-likeness (QED) is 0.874. The molecule has 88 valence electrons. The third-order valence-electron chi connectivity index (χ3n) is 3.65. The number of thiazole rings is 1. The van der Waals surface area contributed by atoms with Gasteiger partial charge >= 0.3 is 0 Å². The molecule has 2 aliphatic rings. The SMILES string of the molecule is O[C@H]1CCN(Cc2cnc(C3CCC3)s2)C1. The minimum absolute atomic E-state index is 0.112. The van der Waals surface area contributed by atoms with Gasteiger partial charge in [0.15, 0.2) is 0 Å². The highest BCUT2D eigenvalue weighted by molar-refractivity contribution is 7.11. The van der Waals surface area contributed by atoms with Gasteiger partial charge in [0.25, 0.3) is 0 Å². The fourth-order valence-electron chi connectivity index (χ4n) is 2.42. The van der Waals surface area contributed by atoms with Crippen LogP contribution in [0.25, 0.3) is 0 Å². The second-order valence-corrected chi connectivity index (χ2v) is 6.12. The number of nitrogens with zero attached hydrogens (tertiary/aromatic N) is 2. The number of rotatable bonds is 3. The van der Waals surface area contributed by atoms with Crippen molar-refractivity contribution in [2.45, 2.75) is 44.2 Å². The minimum Gasteiger partial charge on any atom is -0.392 e.